The highest BCUT2D eigenvalue weighted by Gasteiger charge is 2.07. The molecule has 0 saturated carbocycles. The number of esters is 1. The minimum absolute atomic E-state index is 0.140. The molecule has 1 heterocycles. The summed E-state index contributed by atoms with van der Waals surface area (Å²) >= 11 is 1.32. The third-order valence-electron chi connectivity index (χ3n) is 2.52. The van der Waals surface area contributed by atoms with E-state index in [1.54, 1.807) is 18.7 Å². The Hall–Kier alpha value is -1.47. The van der Waals surface area contributed by atoms with Gasteiger partial charge in [0.25, 0.3) is 5.91 Å². The highest BCUT2D eigenvalue weighted by atomic mass is 32.1. The Bertz CT molecular complexity index is 395. The highest BCUT2D eigenvalue weighted by Crippen LogP contribution is 2.04. The van der Waals surface area contributed by atoms with Crippen molar-refractivity contribution in [3.63, 3.8) is 0 Å². The number of carbonyl (C=O) groups excluding carboxylic acids is 2. The minimum atomic E-state index is -0.200. The van der Waals surface area contributed by atoms with E-state index in [0.717, 1.165) is 19.3 Å². The van der Waals surface area contributed by atoms with E-state index in [1.807, 2.05) is 0 Å². The van der Waals surface area contributed by atoms with E-state index in [2.05, 4.69) is 10.3 Å². The van der Waals surface area contributed by atoms with Crippen LogP contribution in [0.15, 0.2) is 11.6 Å². The van der Waals surface area contributed by atoms with Crippen LogP contribution in [0.3, 0.4) is 0 Å². The van der Waals surface area contributed by atoms with Crippen LogP contribution in [0, 0.1) is 0 Å². The number of amides is 1. The van der Waals surface area contributed by atoms with Gasteiger partial charge in [0.15, 0.2) is 5.01 Å². The molecular weight excluding hydrogens is 280 g/mol. The van der Waals surface area contributed by atoms with Gasteiger partial charge in [-0.2, -0.15) is 0 Å². The molecule has 6 nitrogen and oxygen atoms in total. The molecule has 1 N–H and O–H groups in total. The van der Waals surface area contributed by atoms with E-state index in [0.29, 0.717) is 31.2 Å². The number of thiazole rings is 1. The predicted octanol–water partition coefficient (Wildman–Crippen LogP) is 1.62. The van der Waals surface area contributed by atoms with Crippen LogP contribution in [-0.2, 0) is 14.3 Å². The maximum Gasteiger partial charge on any atom is 0.305 e. The topological polar surface area (TPSA) is 77.5 Å². The van der Waals surface area contributed by atoms with Gasteiger partial charge in [-0.15, -0.1) is 11.3 Å². The Kier molecular flexibility index (Phi) is 8.57. The molecule has 1 rings (SSSR count). The number of rotatable bonds is 10. The quantitative estimate of drug-likeness (QED) is 0.525. The fourth-order valence-electron chi connectivity index (χ4n) is 1.50. The largest absolute Gasteiger partial charge is 0.463 e. The molecule has 7 heteroatoms. The van der Waals surface area contributed by atoms with Crippen molar-refractivity contribution < 1.29 is 19.1 Å². The first-order valence-electron chi connectivity index (χ1n) is 6.56. The molecule has 0 saturated heterocycles. The fourth-order valence-corrected chi connectivity index (χ4v) is 2.05. The molecule has 0 radical (unpaired) electrons. The summed E-state index contributed by atoms with van der Waals surface area (Å²) in [7, 11) is 1.56. The van der Waals surface area contributed by atoms with Crippen molar-refractivity contribution in [2.24, 2.45) is 0 Å². The molecule has 0 aromatic carbocycles. The number of nitrogens with zero attached hydrogens (tertiary/aromatic N) is 1. The van der Waals surface area contributed by atoms with Crippen LogP contribution in [-0.4, -0.2) is 43.7 Å². The molecule has 112 valence electrons. The predicted molar refractivity (Wildman–Crippen MR) is 75.8 cm³/mol. The molecule has 1 aromatic heterocycles. The van der Waals surface area contributed by atoms with Crippen molar-refractivity contribution in [3.8, 4) is 0 Å². The second-order valence-electron chi connectivity index (χ2n) is 4.12. The van der Waals surface area contributed by atoms with Gasteiger partial charge in [0.1, 0.15) is 6.61 Å². The SMILES string of the molecule is COCCOC(=O)CCCCCNC(=O)c1nccs1. The highest BCUT2D eigenvalue weighted by molar-refractivity contribution is 7.11. The van der Waals surface area contributed by atoms with Gasteiger partial charge in [-0.1, -0.05) is 6.42 Å². The maximum absolute atomic E-state index is 11.5. The van der Waals surface area contributed by atoms with E-state index in [4.69, 9.17) is 9.47 Å². The van der Waals surface area contributed by atoms with Crippen molar-refractivity contribution in [2.75, 3.05) is 26.9 Å². The number of nitrogens with one attached hydrogen (secondary N) is 1. The molecule has 1 aromatic rings. The van der Waals surface area contributed by atoms with Crippen LogP contribution < -0.4 is 5.32 Å². The second kappa shape index (κ2) is 10.3. The summed E-state index contributed by atoms with van der Waals surface area (Å²) in [5, 5.41) is 5.04. The molecule has 0 atom stereocenters. The van der Waals surface area contributed by atoms with Crippen LogP contribution in [0.4, 0.5) is 0 Å². The summed E-state index contributed by atoms with van der Waals surface area (Å²) < 4.78 is 9.72. The first-order valence-corrected chi connectivity index (χ1v) is 7.44. The molecule has 0 aliphatic carbocycles. The first kappa shape index (κ1) is 16.6. The van der Waals surface area contributed by atoms with Crippen LogP contribution in [0.5, 0.6) is 0 Å². The number of unbranched alkanes of at least 4 members (excludes halogenated alkanes) is 2. The number of ether oxygens (including phenoxy) is 2. The molecular formula is C13H20N2O4S. The number of hydrogen-bond acceptors (Lipinski definition) is 6. The van der Waals surface area contributed by atoms with Gasteiger partial charge in [-0.3, -0.25) is 9.59 Å². The Labute approximate surface area is 122 Å². The van der Waals surface area contributed by atoms with Gasteiger partial charge >= 0.3 is 5.97 Å². The average Bonchev–Trinajstić information content (AvgIpc) is 2.97. The number of carbonyl (C=O) groups is 2. The van der Waals surface area contributed by atoms with E-state index in [1.165, 1.54) is 11.3 Å². The van der Waals surface area contributed by atoms with Gasteiger partial charge in [-0.25, -0.2) is 4.98 Å². The Morgan fingerprint density at radius 2 is 2.15 bits per heavy atom. The average molecular weight is 300 g/mol. The lowest BCUT2D eigenvalue weighted by Crippen LogP contribution is -2.24. The van der Waals surface area contributed by atoms with Crippen LogP contribution in [0.1, 0.15) is 35.5 Å². The smallest absolute Gasteiger partial charge is 0.305 e. The molecule has 0 unspecified atom stereocenters. The van der Waals surface area contributed by atoms with Crippen LogP contribution >= 0.6 is 11.3 Å². The summed E-state index contributed by atoms with van der Waals surface area (Å²) in [5.74, 6) is -0.340. The van der Waals surface area contributed by atoms with Crippen LogP contribution in [0.25, 0.3) is 0 Å². The molecule has 0 fully saturated rings. The molecule has 20 heavy (non-hydrogen) atoms. The van der Waals surface area contributed by atoms with Gasteiger partial charge in [-0.05, 0) is 12.8 Å². The second-order valence-corrected chi connectivity index (χ2v) is 5.01. The number of hydrogen-bond donors (Lipinski definition) is 1. The van der Waals surface area contributed by atoms with Gasteiger partial charge in [0.2, 0.25) is 0 Å². The van der Waals surface area contributed by atoms with E-state index in [-0.39, 0.29) is 11.9 Å². The van der Waals surface area contributed by atoms with Crippen molar-refractivity contribution in [1.29, 1.82) is 0 Å². The van der Waals surface area contributed by atoms with Crippen LogP contribution in [0.2, 0.25) is 0 Å². The number of aromatic nitrogens is 1. The lowest BCUT2D eigenvalue weighted by atomic mass is 10.2. The van der Waals surface area contributed by atoms with E-state index < -0.39 is 0 Å². The molecule has 1 amide bonds. The fraction of sp³-hybridized carbons (Fsp3) is 0.615. The lowest BCUT2D eigenvalue weighted by Gasteiger charge is -2.04. The van der Waals surface area contributed by atoms with Gasteiger partial charge in [0.05, 0.1) is 6.61 Å². The zero-order chi connectivity index (χ0) is 14.6. The zero-order valence-electron chi connectivity index (χ0n) is 11.6. The minimum Gasteiger partial charge on any atom is -0.463 e. The summed E-state index contributed by atoms with van der Waals surface area (Å²) in [5.41, 5.74) is 0. The summed E-state index contributed by atoms with van der Waals surface area (Å²) in [4.78, 5) is 26.7. The van der Waals surface area contributed by atoms with E-state index in [9.17, 15) is 9.59 Å². The monoisotopic (exact) mass is 300 g/mol. The van der Waals surface area contributed by atoms with Crippen molar-refractivity contribution in [1.82, 2.24) is 10.3 Å². The molecule has 0 bridgehead atoms. The first-order chi connectivity index (χ1) is 9.74. The summed E-state index contributed by atoms with van der Waals surface area (Å²) in [6, 6.07) is 0. The normalized spacial score (nSPS) is 10.2. The molecule has 0 aliphatic heterocycles. The lowest BCUT2D eigenvalue weighted by molar-refractivity contribution is -0.145. The summed E-state index contributed by atoms with van der Waals surface area (Å²) in [6.07, 6.45) is 4.48. The number of methoxy groups -OCH3 is 1. The van der Waals surface area contributed by atoms with Gasteiger partial charge in [0, 0.05) is 31.7 Å². The molecule has 0 aliphatic rings. The van der Waals surface area contributed by atoms with Crippen molar-refractivity contribution in [3.05, 3.63) is 16.6 Å². The Morgan fingerprint density at radius 3 is 2.85 bits per heavy atom. The standard InChI is InChI=1S/C13H20N2O4S/c1-18-8-9-19-11(16)5-3-2-4-6-14-12(17)13-15-7-10-20-13/h7,10H,2-6,8-9H2,1H3,(H,14,17). The Balaban J connectivity index is 1.94. The zero-order valence-corrected chi connectivity index (χ0v) is 12.4. The maximum atomic E-state index is 11.5. The Morgan fingerprint density at radius 1 is 1.30 bits per heavy atom. The van der Waals surface area contributed by atoms with Crippen molar-refractivity contribution in [2.45, 2.75) is 25.7 Å². The van der Waals surface area contributed by atoms with E-state index >= 15 is 0 Å². The van der Waals surface area contributed by atoms with Crippen molar-refractivity contribution >= 4 is 23.2 Å². The third kappa shape index (κ3) is 7.20. The molecule has 0 spiro atoms. The summed E-state index contributed by atoms with van der Waals surface area (Å²) in [6.45, 7) is 1.32. The van der Waals surface area contributed by atoms with Gasteiger partial charge < -0.3 is 14.8 Å². The third-order valence-corrected chi connectivity index (χ3v) is 3.29.